The molecule has 106 valence electrons. The van der Waals surface area contributed by atoms with Crippen molar-refractivity contribution in [2.75, 3.05) is 5.73 Å². The van der Waals surface area contributed by atoms with Crippen LogP contribution >= 0.6 is 0 Å². The smallest absolute Gasteiger partial charge is 0.241 e. The van der Waals surface area contributed by atoms with Gasteiger partial charge in [-0.15, -0.1) is 0 Å². The first-order valence-corrected chi connectivity index (χ1v) is 7.86. The minimum Gasteiger partial charge on any atom is -0.399 e. The van der Waals surface area contributed by atoms with Crippen molar-refractivity contribution in [3.05, 3.63) is 23.5 Å². The number of nitrogens with one attached hydrogen (secondary N) is 1. The molecule has 1 aliphatic rings. The fourth-order valence-corrected chi connectivity index (χ4v) is 4.12. The molecule has 2 atom stereocenters. The molecule has 1 aromatic carbocycles. The van der Waals surface area contributed by atoms with Crippen molar-refractivity contribution >= 4 is 15.7 Å². The van der Waals surface area contributed by atoms with Crippen molar-refractivity contribution in [3.63, 3.8) is 0 Å². The molecule has 1 aromatic rings. The van der Waals surface area contributed by atoms with Crippen LogP contribution in [0.2, 0.25) is 0 Å². The Hall–Kier alpha value is -1.14. The molecule has 19 heavy (non-hydrogen) atoms. The Bertz CT molecular complexity index is 587. The highest BCUT2D eigenvalue weighted by atomic mass is 32.2. The molecule has 1 fully saturated rings. The number of nitrogen functional groups attached to an aromatic ring is 1. The van der Waals surface area contributed by atoms with Gasteiger partial charge in [-0.05, 0) is 44.2 Å². The Morgan fingerprint density at radius 3 is 2.63 bits per heavy atom. The van der Waals surface area contributed by atoms with E-state index in [0.717, 1.165) is 25.3 Å². The molecule has 0 saturated heterocycles. The van der Waals surface area contributed by atoms with Crippen molar-refractivity contribution in [2.45, 2.75) is 44.0 Å². The Morgan fingerprint density at radius 1 is 1.37 bits per heavy atom. The van der Waals surface area contributed by atoms with Gasteiger partial charge in [0, 0.05) is 17.3 Å². The van der Waals surface area contributed by atoms with Crippen LogP contribution in [0.25, 0.3) is 0 Å². The van der Waals surface area contributed by atoms with Crippen LogP contribution in [0.15, 0.2) is 17.0 Å². The quantitative estimate of drug-likeness (QED) is 0.837. The van der Waals surface area contributed by atoms with Crippen LogP contribution in [0.1, 0.15) is 31.7 Å². The largest absolute Gasteiger partial charge is 0.399 e. The monoisotopic (exact) mass is 286 g/mol. The number of rotatable bonds is 3. The predicted molar refractivity (Wildman–Crippen MR) is 72.7 cm³/mol. The second-order valence-electron chi connectivity index (χ2n) is 5.36. The van der Waals surface area contributed by atoms with E-state index < -0.39 is 15.8 Å². The van der Waals surface area contributed by atoms with E-state index in [2.05, 4.69) is 11.6 Å². The summed E-state index contributed by atoms with van der Waals surface area (Å²) in [6.07, 6.45) is 2.66. The minimum atomic E-state index is -3.71. The molecule has 0 aliphatic heterocycles. The summed E-state index contributed by atoms with van der Waals surface area (Å²) in [6.45, 7) is 3.54. The standard InChI is InChI=1S/C13H19FN2O2S/c1-8-3-4-11(5-8)16-19(17,18)13-7-10(15)6-12(14)9(13)2/h6-8,11,16H,3-5,15H2,1-2H3. The lowest BCUT2D eigenvalue weighted by atomic mass is 10.1. The molecule has 1 saturated carbocycles. The molecule has 6 heteroatoms. The highest BCUT2D eigenvalue weighted by Crippen LogP contribution is 2.27. The van der Waals surface area contributed by atoms with Crippen LogP contribution in [0.4, 0.5) is 10.1 Å². The zero-order valence-corrected chi connectivity index (χ0v) is 11.9. The average Bonchev–Trinajstić information content (AvgIpc) is 2.68. The Balaban J connectivity index is 2.29. The van der Waals surface area contributed by atoms with Gasteiger partial charge in [0.2, 0.25) is 10.0 Å². The molecule has 1 aliphatic carbocycles. The first kappa shape index (κ1) is 14.3. The summed E-state index contributed by atoms with van der Waals surface area (Å²) in [6, 6.07) is 2.37. The van der Waals surface area contributed by atoms with E-state index in [-0.39, 0.29) is 22.2 Å². The van der Waals surface area contributed by atoms with Gasteiger partial charge in [0.15, 0.2) is 0 Å². The molecule has 2 unspecified atom stereocenters. The summed E-state index contributed by atoms with van der Waals surface area (Å²) < 4.78 is 40.8. The van der Waals surface area contributed by atoms with Crippen LogP contribution in [-0.2, 0) is 10.0 Å². The van der Waals surface area contributed by atoms with Crippen molar-refractivity contribution in [3.8, 4) is 0 Å². The van der Waals surface area contributed by atoms with Crippen LogP contribution < -0.4 is 10.5 Å². The van der Waals surface area contributed by atoms with Crippen LogP contribution in [-0.4, -0.2) is 14.5 Å². The average molecular weight is 286 g/mol. The number of hydrogen-bond donors (Lipinski definition) is 2. The van der Waals surface area contributed by atoms with E-state index in [1.807, 2.05) is 0 Å². The van der Waals surface area contributed by atoms with Gasteiger partial charge in [0.25, 0.3) is 0 Å². The van der Waals surface area contributed by atoms with E-state index >= 15 is 0 Å². The number of halogens is 1. The van der Waals surface area contributed by atoms with Crippen LogP contribution in [0.3, 0.4) is 0 Å². The zero-order valence-electron chi connectivity index (χ0n) is 11.1. The molecule has 3 N–H and O–H groups in total. The van der Waals surface area contributed by atoms with Crippen molar-refractivity contribution in [1.82, 2.24) is 4.72 Å². The summed E-state index contributed by atoms with van der Waals surface area (Å²) in [4.78, 5) is -0.0652. The second-order valence-corrected chi connectivity index (χ2v) is 7.04. The first-order chi connectivity index (χ1) is 8.79. The van der Waals surface area contributed by atoms with Gasteiger partial charge in [-0.1, -0.05) is 6.92 Å². The van der Waals surface area contributed by atoms with Gasteiger partial charge < -0.3 is 5.73 Å². The third kappa shape index (κ3) is 3.06. The summed E-state index contributed by atoms with van der Waals surface area (Å²) in [7, 11) is -3.71. The van der Waals surface area contributed by atoms with E-state index in [9.17, 15) is 12.8 Å². The van der Waals surface area contributed by atoms with Crippen LogP contribution in [0.5, 0.6) is 0 Å². The summed E-state index contributed by atoms with van der Waals surface area (Å²) >= 11 is 0. The topological polar surface area (TPSA) is 72.2 Å². The molecule has 2 rings (SSSR count). The lowest BCUT2D eigenvalue weighted by Crippen LogP contribution is -2.33. The van der Waals surface area contributed by atoms with Crippen molar-refractivity contribution < 1.29 is 12.8 Å². The minimum absolute atomic E-state index is 0.0652. The van der Waals surface area contributed by atoms with E-state index in [4.69, 9.17) is 5.73 Å². The summed E-state index contributed by atoms with van der Waals surface area (Å²) in [5.41, 5.74) is 5.74. The highest BCUT2D eigenvalue weighted by molar-refractivity contribution is 7.89. The maximum absolute atomic E-state index is 13.6. The Morgan fingerprint density at radius 2 is 2.05 bits per heavy atom. The third-order valence-electron chi connectivity index (χ3n) is 3.63. The predicted octanol–water partition coefficient (Wildman–Crippen LogP) is 2.18. The molecular formula is C13H19FN2O2S. The lowest BCUT2D eigenvalue weighted by Gasteiger charge is -2.15. The summed E-state index contributed by atoms with van der Waals surface area (Å²) in [5, 5.41) is 0. The third-order valence-corrected chi connectivity index (χ3v) is 5.27. The molecular weight excluding hydrogens is 267 g/mol. The molecule has 0 radical (unpaired) electrons. The van der Waals surface area contributed by atoms with Gasteiger partial charge >= 0.3 is 0 Å². The number of benzene rings is 1. The number of sulfonamides is 1. The van der Waals surface area contributed by atoms with E-state index in [1.54, 1.807) is 0 Å². The molecule has 0 bridgehead atoms. The fraction of sp³-hybridized carbons (Fsp3) is 0.538. The van der Waals surface area contributed by atoms with Gasteiger partial charge in [0.05, 0.1) is 4.90 Å². The van der Waals surface area contributed by atoms with Crippen molar-refractivity contribution in [1.29, 1.82) is 0 Å². The number of hydrogen-bond acceptors (Lipinski definition) is 3. The lowest BCUT2D eigenvalue weighted by molar-refractivity contribution is 0.536. The molecule has 0 spiro atoms. The molecule has 0 heterocycles. The maximum Gasteiger partial charge on any atom is 0.241 e. The molecule has 0 aromatic heterocycles. The normalized spacial score (nSPS) is 23.7. The van der Waals surface area contributed by atoms with Gasteiger partial charge in [-0.3, -0.25) is 0 Å². The van der Waals surface area contributed by atoms with Crippen LogP contribution in [0, 0.1) is 18.7 Å². The molecule has 4 nitrogen and oxygen atoms in total. The van der Waals surface area contributed by atoms with Gasteiger partial charge in [0.1, 0.15) is 5.82 Å². The summed E-state index contributed by atoms with van der Waals surface area (Å²) in [5.74, 6) is -0.0773. The Kier molecular flexibility index (Phi) is 3.82. The fourth-order valence-electron chi connectivity index (χ4n) is 2.55. The Labute approximate surface area is 113 Å². The van der Waals surface area contributed by atoms with E-state index in [1.165, 1.54) is 13.0 Å². The number of anilines is 1. The van der Waals surface area contributed by atoms with E-state index in [0.29, 0.717) is 5.92 Å². The zero-order chi connectivity index (χ0) is 14.2. The first-order valence-electron chi connectivity index (χ1n) is 6.37. The molecule has 0 amide bonds. The van der Waals surface area contributed by atoms with Gasteiger partial charge in [-0.25, -0.2) is 17.5 Å². The SMILES string of the molecule is Cc1c(F)cc(N)cc1S(=O)(=O)NC1CCC(C)C1. The van der Waals surface area contributed by atoms with Gasteiger partial charge in [-0.2, -0.15) is 0 Å². The van der Waals surface area contributed by atoms with Crippen molar-refractivity contribution in [2.24, 2.45) is 5.92 Å². The number of nitrogens with two attached hydrogens (primary N) is 1. The maximum atomic E-state index is 13.6. The highest BCUT2D eigenvalue weighted by Gasteiger charge is 2.28. The second kappa shape index (κ2) is 5.09.